The maximum absolute atomic E-state index is 5.60. The molecule has 4 heteroatoms. The van der Waals surface area contributed by atoms with Gasteiger partial charge in [-0.15, -0.1) is 0 Å². The lowest BCUT2D eigenvalue weighted by Crippen LogP contribution is -2.44. The van der Waals surface area contributed by atoms with Gasteiger partial charge in [-0.2, -0.15) is 11.8 Å². The number of rotatable bonds is 8. The van der Waals surface area contributed by atoms with E-state index in [9.17, 15) is 0 Å². The molecule has 0 amide bonds. The van der Waals surface area contributed by atoms with Gasteiger partial charge < -0.3 is 15.0 Å². The summed E-state index contributed by atoms with van der Waals surface area (Å²) >= 11 is 1.94. The van der Waals surface area contributed by atoms with Crippen LogP contribution in [0, 0.1) is 5.92 Å². The summed E-state index contributed by atoms with van der Waals surface area (Å²) < 4.78 is 5.60. The van der Waals surface area contributed by atoms with E-state index in [1.54, 1.807) is 0 Å². The molecule has 0 aromatic carbocycles. The molecule has 1 saturated heterocycles. The Labute approximate surface area is 111 Å². The summed E-state index contributed by atoms with van der Waals surface area (Å²) in [6.07, 6.45) is 3.42. The molecule has 0 aliphatic carbocycles. The summed E-state index contributed by atoms with van der Waals surface area (Å²) in [6.45, 7) is 8.43. The van der Waals surface area contributed by atoms with E-state index < -0.39 is 0 Å². The minimum atomic E-state index is 0.550. The maximum Gasteiger partial charge on any atom is 0.0623 e. The molecule has 0 aromatic rings. The minimum Gasteiger partial charge on any atom is -0.379 e. The molecule has 3 nitrogen and oxygen atoms in total. The molecule has 0 spiro atoms. The van der Waals surface area contributed by atoms with Crippen LogP contribution in [0.4, 0.5) is 0 Å². The van der Waals surface area contributed by atoms with Crippen molar-refractivity contribution in [3.8, 4) is 0 Å². The number of nitrogens with one attached hydrogen (secondary N) is 1. The topological polar surface area (TPSA) is 24.5 Å². The molecular weight excluding hydrogens is 232 g/mol. The molecule has 1 heterocycles. The summed E-state index contributed by atoms with van der Waals surface area (Å²) in [5.41, 5.74) is 0. The first-order chi connectivity index (χ1) is 8.22. The second-order valence-corrected chi connectivity index (χ2v) is 5.83. The molecule has 3 unspecified atom stereocenters. The highest BCUT2D eigenvalue weighted by molar-refractivity contribution is 7.98. The van der Waals surface area contributed by atoms with Crippen molar-refractivity contribution >= 4 is 11.8 Å². The van der Waals surface area contributed by atoms with E-state index in [1.165, 1.54) is 12.2 Å². The van der Waals surface area contributed by atoms with Crippen molar-refractivity contribution in [3.05, 3.63) is 0 Å². The van der Waals surface area contributed by atoms with Gasteiger partial charge in [-0.05, 0) is 26.3 Å². The van der Waals surface area contributed by atoms with Gasteiger partial charge in [0, 0.05) is 30.3 Å². The van der Waals surface area contributed by atoms with Crippen LogP contribution in [-0.2, 0) is 4.74 Å². The maximum atomic E-state index is 5.60. The number of hydrogen-bond acceptors (Lipinski definition) is 4. The van der Waals surface area contributed by atoms with Crippen LogP contribution in [0.1, 0.15) is 20.3 Å². The Kier molecular flexibility index (Phi) is 7.51. The molecule has 0 saturated carbocycles. The highest BCUT2D eigenvalue weighted by Gasteiger charge is 2.29. The third-order valence-electron chi connectivity index (χ3n) is 3.64. The first kappa shape index (κ1) is 15.3. The van der Waals surface area contributed by atoms with Gasteiger partial charge in [0.15, 0.2) is 0 Å². The molecule has 0 radical (unpaired) electrons. The Bertz CT molecular complexity index is 204. The molecule has 3 atom stereocenters. The second kappa shape index (κ2) is 8.35. The molecular formula is C13H28N2OS. The molecule has 1 N–H and O–H groups in total. The molecule has 17 heavy (non-hydrogen) atoms. The third kappa shape index (κ3) is 4.78. The highest BCUT2D eigenvalue weighted by Crippen LogP contribution is 2.17. The predicted octanol–water partition coefficient (Wildman–Crippen LogP) is 1.68. The Hall–Kier alpha value is 0.230. The second-order valence-electron chi connectivity index (χ2n) is 4.92. The summed E-state index contributed by atoms with van der Waals surface area (Å²) in [5, 5.41) is 3.53. The lowest BCUT2D eigenvalue weighted by Gasteiger charge is -2.30. The normalized spacial score (nSPS) is 26.6. The summed E-state index contributed by atoms with van der Waals surface area (Å²) in [4.78, 5) is 2.51. The van der Waals surface area contributed by atoms with Gasteiger partial charge in [0.2, 0.25) is 0 Å². The largest absolute Gasteiger partial charge is 0.379 e. The molecule has 1 rings (SSSR count). The third-order valence-corrected chi connectivity index (χ3v) is 4.36. The van der Waals surface area contributed by atoms with E-state index in [1.807, 2.05) is 11.8 Å². The monoisotopic (exact) mass is 260 g/mol. The van der Waals surface area contributed by atoms with E-state index in [2.05, 4.69) is 37.4 Å². The van der Waals surface area contributed by atoms with Crippen molar-refractivity contribution in [3.63, 3.8) is 0 Å². The van der Waals surface area contributed by atoms with Gasteiger partial charge in [0.1, 0.15) is 0 Å². The molecule has 1 aliphatic heterocycles. The summed E-state index contributed by atoms with van der Waals surface area (Å²) in [6, 6.07) is 1.25. The van der Waals surface area contributed by atoms with E-state index in [0.717, 1.165) is 26.3 Å². The summed E-state index contributed by atoms with van der Waals surface area (Å²) in [7, 11) is 2.26. The summed E-state index contributed by atoms with van der Waals surface area (Å²) in [5.74, 6) is 1.88. The van der Waals surface area contributed by atoms with Gasteiger partial charge in [0.25, 0.3) is 0 Å². The van der Waals surface area contributed by atoms with Crippen molar-refractivity contribution in [2.24, 2.45) is 5.92 Å². The molecule has 1 fully saturated rings. The van der Waals surface area contributed by atoms with Crippen LogP contribution in [0.5, 0.6) is 0 Å². The van der Waals surface area contributed by atoms with Gasteiger partial charge >= 0.3 is 0 Å². The van der Waals surface area contributed by atoms with Crippen LogP contribution in [-0.4, -0.2) is 62.3 Å². The first-order valence-corrected chi connectivity index (χ1v) is 8.12. The quantitative estimate of drug-likeness (QED) is 0.718. The molecule has 0 bridgehead atoms. The Morgan fingerprint density at radius 2 is 2.18 bits per heavy atom. The predicted molar refractivity (Wildman–Crippen MR) is 76.9 cm³/mol. The van der Waals surface area contributed by atoms with E-state index >= 15 is 0 Å². The van der Waals surface area contributed by atoms with Gasteiger partial charge in [-0.1, -0.05) is 13.8 Å². The fraction of sp³-hybridized carbons (Fsp3) is 1.00. The van der Waals surface area contributed by atoms with Crippen molar-refractivity contribution in [2.45, 2.75) is 32.4 Å². The Morgan fingerprint density at radius 3 is 2.76 bits per heavy atom. The minimum absolute atomic E-state index is 0.550. The highest BCUT2D eigenvalue weighted by atomic mass is 32.2. The zero-order valence-electron chi connectivity index (χ0n) is 11.7. The van der Waals surface area contributed by atoms with Crippen LogP contribution in [0.3, 0.4) is 0 Å². The van der Waals surface area contributed by atoms with Crippen LogP contribution in [0.15, 0.2) is 0 Å². The standard InChI is InChI=1S/C13H28N2OS/c1-5-12(10-17-4)15(3)7-11-8-16-9-13(11)14-6-2/h11-14H,5-10H2,1-4H3. The van der Waals surface area contributed by atoms with Gasteiger partial charge in [0.05, 0.1) is 13.2 Å². The average Bonchev–Trinajstić information content (AvgIpc) is 2.74. The average molecular weight is 260 g/mol. The Morgan fingerprint density at radius 1 is 1.41 bits per heavy atom. The Balaban J connectivity index is 2.40. The van der Waals surface area contributed by atoms with E-state index in [0.29, 0.717) is 18.0 Å². The molecule has 0 aromatic heterocycles. The van der Waals surface area contributed by atoms with Crippen LogP contribution >= 0.6 is 11.8 Å². The first-order valence-electron chi connectivity index (χ1n) is 6.73. The smallest absolute Gasteiger partial charge is 0.0623 e. The molecule has 1 aliphatic rings. The van der Waals surface area contributed by atoms with E-state index in [-0.39, 0.29) is 0 Å². The number of ether oxygens (including phenoxy) is 1. The van der Waals surface area contributed by atoms with Crippen molar-refractivity contribution in [2.75, 3.05) is 45.4 Å². The van der Waals surface area contributed by atoms with Crippen LogP contribution in [0.25, 0.3) is 0 Å². The number of thioether (sulfide) groups is 1. The SMILES string of the molecule is CCNC1COCC1CN(C)C(CC)CSC. The lowest BCUT2D eigenvalue weighted by molar-refractivity contribution is 0.163. The van der Waals surface area contributed by atoms with Gasteiger partial charge in [-0.25, -0.2) is 0 Å². The van der Waals surface area contributed by atoms with E-state index in [4.69, 9.17) is 4.74 Å². The number of hydrogen-bond donors (Lipinski definition) is 1. The number of likely N-dealkylation sites (N-methyl/N-ethyl adjacent to an activating group) is 1. The van der Waals surface area contributed by atoms with Crippen molar-refractivity contribution in [1.29, 1.82) is 0 Å². The zero-order chi connectivity index (χ0) is 12.7. The molecule has 102 valence electrons. The fourth-order valence-corrected chi connectivity index (χ4v) is 3.41. The van der Waals surface area contributed by atoms with Crippen molar-refractivity contribution in [1.82, 2.24) is 10.2 Å². The lowest BCUT2D eigenvalue weighted by atomic mass is 10.0. The fourth-order valence-electron chi connectivity index (χ4n) is 2.53. The van der Waals surface area contributed by atoms with Gasteiger partial charge in [-0.3, -0.25) is 0 Å². The van der Waals surface area contributed by atoms with Crippen LogP contribution < -0.4 is 5.32 Å². The van der Waals surface area contributed by atoms with Crippen molar-refractivity contribution < 1.29 is 4.74 Å². The zero-order valence-corrected chi connectivity index (χ0v) is 12.6. The number of nitrogens with zero attached hydrogens (tertiary/aromatic N) is 1. The van der Waals surface area contributed by atoms with Crippen LogP contribution in [0.2, 0.25) is 0 Å².